The highest BCUT2D eigenvalue weighted by molar-refractivity contribution is 9.11. The van der Waals surface area contributed by atoms with Crippen LogP contribution in [0, 0.1) is 11.3 Å². The molecule has 1 aromatic heterocycles. The molecule has 6 rings (SSSR count). The Bertz CT molecular complexity index is 1570. The summed E-state index contributed by atoms with van der Waals surface area (Å²) >= 11 is 3.89. The summed E-state index contributed by atoms with van der Waals surface area (Å²) in [6, 6.07) is 10.5. The number of carbonyl (C=O) groups is 1. The molecule has 1 N–H and O–H groups in total. The number of amides is 1. The Labute approximate surface area is 255 Å². The third-order valence-corrected chi connectivity index (χ3v) is 9.20. The van der Waals surface area contributed by atoms with Crippen LogP contribution in [-0.2, 0) is 9.47 Å². The van der Waals surface area contributed by atoms with Gasteiger partial charge < -0.3 is 29.5 Å². The van der Waals surface area contributed by atoms with Crippen molar-refractivity contribution in [1.29, 1.82) is 5.26 Å². The number of fused-ring (bicyclic) bond motifs is 3. The molecule has 9 nitrogen and oxygen atoms in total. The van der Waals surface area contributed by atoms with E-state index in [1.54, 1.807) is 18.2 Å². The Kier molecular flexibility index (Phi) is 7.44. The molecule has 2 saturated heterocycles. The summed E-state index contributed by atoms with van der Waals surface area (Å²) in [5.41, 5.74) is 7.01. The minimum Gasteiger partial charge on any atom is -0.444 e. The number of methoxy groups -OCH3 is 1. The molecule has 10 heteroatoms. The zero-order valence-corrected chi connectivity index (χ0v) is 26.4. The van der Waals surface area contributed by atoms with Crippen LogP contribution in [0.1, 0.15) is 39.7 Å². The van der Waals surface area contributed by atoms with Crippen molar-refractivity contribution in [3.05, 3.63) is 69.1 Å². The molecule has 2 aromatic rings. The number of ether oxygens (including phenoxy) is 2. The number of carbonyl (C=O) groups excluding carboxylic acids is 1. The van der Waals surface area contributed by atoms with E-state index in [0.29, 0.717) is 24.7 Å². The monoisotopic (exact) mass is 632 g/mol. The topological polar surface area (TPSA) is 94.0 Å². The number of nitrogens with one attached hydrogen (secondary N) is 1. The number of halogens is 1. The molecule has 220 valence electrons. The Morgan fingerprint density at radius 1 is 1.19 bits per heavy atom. The molecule has 42 heavy (non-hydrogen) atoms. The summed E-state index contributed by atoms with van der Waals surface area (Å²) < 4.78 is 12.5. The first kappa shape index (κ1) is 28.6. The molecule has 1 aromatic carbocycles. The van der Waals surface area contributed by atoms with E-state index >= 15 is 0 Å². The maximum atomic E-state index is 12.7. The van der Waals surface area contributed by atoms with Crippen LogP contribution >= 0.6 is 15.9 Å². The summed E-state index contributed by atoms with van der Waals surface area (Å²) in [4.78, 5) is 23.9. The standard InChI is InChI=1S/C32H37BrN6O3/c1-19-14-37(27-9-8-20(13-34)30-22(27)7-6-10-35-30)17-28-23-12-24(33)25(11-21(23)15-39(19)28)36-26-16-38(18-29(26)41-5)31(40)42-32(2,3)4/h6-11,19,26,29,36H,12,14-18H2,1-5H3/t19-,26-,29-/m1/s1. The first-order chi connectivity index (χ1) is 20.1. The lowest BCUT2D eigenvalue weighted by Gasteiger charge is -2.42. The number of hydrogen-bond acceptors (Lipinski definition) is 8. The van der Waals surface area contributed by atoms with Gasteiger partial charge in [-0.1, -0.05) is 15.9 Å². The van der Waals surface area contributed by atoms with E-state index in [2.05, 4.69) is 67.2 Å². The van der Waals surface area contributed by atoms with Gasteiger partial charge in [-0.2, -0.15) is 5.26 Å². The van der Waals surface area contributed by atoms with Crippen molar-refractivity contribution in [2.75, 3.05) is 44.7 Å². The molecule has 0 unspecified atom stereocenters. The van der Waals surface area contributed by atoms with Gasteiger partial charge in [0.2, 0.25) is 0 Å². The summed E-state index contributed by atoms with van der Waals surface area (Å²) in [6.45, 7) is 11.5. The molecule has 0 spiro atoms. The number of rotatable bonds is 4. The van der Waals surface area contributed by atoms with Gasteiger partial charge in [0.15, 0.2) is 0 Å². The molecule has 1 amide bonds. The second-order valence-corrected chi connectivity index (χ2v) is 13.5. The summed E-state index contributed by atoms with van der Waals surface area (Å²) in [7, 11) is 1.69. The highest BCUT2D eigenvalue weighted by Gasteiger charge is 2.40. The fraction of sp³-hybridized carbons (Fsp3) is 0.469. The second-order valence-electron chi connectivity index (χ2n) is 12.5. The van der Waals surface area contributed by atoms with Crippen LogP contribution in [0.5, 0.6) is 0 Å². The van der Waals surface area contributed by atoms with Crippen molar-refractivity contribution in [2.24, 2.45) is 0 Å². The zero-order chi connectivity index (χ0) is 29.8. The fourth-order valence-electron chi connectivity index (χ4n) is 6.51. The lowest BCUT2D eigenvalue weighted by molar-refractivity contribution is 0.0252. The van der Waals surface area contributed by atoms with E-state index < -0.39 is 5.60 Å². The fourth-order valence-corrected chi connectivity index (χ4v) is 7.02. The molecular weight excluding hydrogens is 596 g/mol. The number of piperazine rings is 1. The van der Waals surface area contributed by atoms with Gasteiger partial charge in [0.25, 0.3) is 0 Å². The SMILES string of the molecule is CO[C@@H]1CN(C(=O)OC(C)(C)C)C[C@H]1NC1=C(Br)CC2=C3CN(c4ccc(C#N)c5ncccc45)C[C@@H](C)N3CC2=C1. The quantitative estimate of drug-likeness (QED) is 0.501. The number of likely N-dealkylation sites (tertiary alicyclic amines) is 1. The molecule has 3 atom stereocenters. The van der Waals surface area contributed by atoms with Gasteiger partial charge in [0, 0.05) is 72.4 Å². The minimum absolute atomic E-state index is 0.0483. The molecule has 0 bridgehead atoms. The van der Waals surface area contributed by atoms with E-state index in [1.807, 2.05) is 32.9 Å². The maximum absolute atomic E-state index is 12.7. The van der Waals surface area contributed by atoms with E-state index in [9.17, 15) is 10.1 Å². The van der Waals surface area contributed by atoms with Gasteiger partial charge in [0.1, 0.15) is 11.7 Å². The van der Waals surface area contributed by atoms with Crippen LogP contribution in [0.4, 0.5) is 10.5 Å². The molecule has 0 saturated carbocycles. The average molecular weight is 634 g/mol. The Morgan fingerprint density at radius 3 is 2.74 bits per heavy atom. The molecule has 1 aliphatic carbocycles. The highest BCUT2D eigenvalue weighted by Crippen LogP contribution is 2.43. The van der Waals surface area contributed by atoms with E-state index in [4.69, 9.17) is 9.47 Å². The maximum Gasteiger partial charge on any atom is 0.410 e. The third kappa shape index (κ3) is 5.25. The predicted octanol–water partition coefficient (Wildman–Crippen LogP) is 5.05. The van der Waals surface area contributed by atoms with Gasteiger partial charge in [0.05, 0.1) is 36.3 Å². The molecular formula is C32H37BrN6O3. The van der Waals surface area contributed by atoms with Crippen molar-refractivity contribution in [1.82, 2.24) is 20.1 Å². The van der Waals surface area contributed by atoms with Crippen LogP contribution in [0.25, 0.3) is 10.9 Å². The van der Waals surface area contributed by atoms with Gasteiger partial charge >= 0.3 is 6.09 Å². The molecule has 4 aliphatic rings. The summed E-state index contributed by atoms with van der Waals surface area (Å²) in [5, 5.41) is 14.3. The molecule has 0 radical (unpaired) electrons. The predicted molar refractivity (Wildman–Crippen MR) is 166 cm³/mol. The van der Waals surface area contributed by atoms with Crippen molar-refractivity contribution in [3.8, 4) is 6.07 Å². The Balaban J connectivity index is 1.23. The first-order valence-corrected chi connectivity index (χ1v) is 15.2. The van der Waals surface area contributed by atoms with Crippen LogP contribution < -0.4 is 10.2 Å². The summed E-state index contributed by atoms with van der Waals surface area (Å²) in [6.07, 6.45) is 4.36. The number of allylic oxidation sites excluding steroid dienone is 2. The van der Waals surface area contributed by atoms with Gasteiger partial charge in [-0.05, 0) is 69.2 Å². The van der Waals surface area contributed by atoms with E-state index in [-0.39, 0.29) is 18.2 Å². The van der Waals surface area contributed by atoms with Gasteiger partial charge in [-0.15, -0.1) is 0 Å². The van der Waals surface area contributed by atoms with Crippen LogP contribution in [0.3, 0.4) is 0 Å². The second kappa shape index (κ2) is 10.9. The highest BCUT2D eigenvalue weighted by atomic mass is 79.9. The molecule has 2 fully saturated rings. The Morgan fingerprint density at radius 2 is 2.00 bits per heavy atom. The van der Waals surface area contributed by atoms with Crippen LogP contribution in [0.15, 0.2) is 63.6 Å². The first-order valence-electron chi connectivity index (χ1n) is 14.4. The van der Waals surface area contributed by atoms with Crippen molar-refractivity contribution < 1.29 is 14.3 Å². The number of aromatic nitrogens is 1. The largest absolute Gasteiger partial charge is 0.444 e. The van der Waals surface area contributed by atoms with Gasteiger partial charge in [-0.25, -0.2) is 4.79 Å². The smallest absolute Gasteiger partial charge is 0.410 e. The number of nitrogens with zero attached hydrogens (tertiary/aromatic N) is 5. The van der Waals surface area contributed by atoms with Crippen molar-refractivity contribution >= 4 is 38.6 Å². The average Bonchev–Trinajstić information content (AvgIpc) is 3.53. The Hall–Kier alpha value is -3.55. The van der Waals surface area contributed by atoms with Crippen molar-refractivity contribution in [3.63, 3.8) is 0 Å². The summed E-state index contributed by atoms with van der Waals surface area (Å²) in [5.74, 6) is 0. The van der Waals surface area contributed by atoms with Crippen LogP contribution in [-0.4, -0.2) is 84.5 Å². The number of benzene rings is 1. The van der Waals surface area contributed by atoms with Crippen LogP contribution in [0.2, 0.25) is 0 Å². The third-order valence-electron chi connectivity index (χ3n) is 8.49. The number of hydrogen-bond donors (Lipinski definition) is 1. The zero-order valence-electron chi connectivity index (χ0n) is 24.8. The van der Waals surface area contributed by atoms with E-state index in [1.165, 1.54) is 16.8 Å². The van der Waals surface area contributed by atoms with Gasteiger partial charge in [-0.3, -0.25) is 4.98 Å². The molecule has 4 heterocycles. The number of nitriles is 1. The number of anilines is 1. The number of pyridine rings is 1. The minimum atomic E-state index is -0.542. The lowest BCUT2D eigenvalue weighted by atomic mass is 9.96. The lowest BCUT2D eigenvalue weighted by Crippen LogP contribution is -2.49. The molecule has 3 aliphatic heterocycles. The normalized spacial score (nSPS) is 24.1. The van der Waals surface area contributed by atoms with Crippen molar-refractivity contribution in [2.45, 2.75) is 57.9 Å². The van der Waals surface area contributed by atoms with E-state index in [0.717, 1.165) is 52.8 Å².